The molecule has 0 fully saturated rings. The van der Waals surface area contributed by atoms with Gasteiger partial charge in [0.2, 0.25) is 5.91 Å². The van der Waals surface area contributed by atoms with Crippen molar-refractivity contribution in [2.45, 2.75) is 19.8 Å². The number of aliphatic hydroxyl groups excluding tert-OH is 1. The molecule has 18 heavy (non-hydrogen) atoms. The fraction of sp³-hybridized carbons (Fsp3) is 0.385. The third kappa shape index (κ3) is 3.85. The van der Waals surface area contributed by atoms with Crippen LogP contribution in [0, 0.1) is 6.92 Å². The summed E-state index contributed by atoms with van der Waals surface area (Å²) in [6, 6.07) is 4.97. The first-order valence-corrected chi connectivity index (χ1v) is 5.68. The van der Waals surface area contributed by atoms with Crippen molar-refractivity contribution in [3.05, 3.63) is 29.3 Å². The Morgan fingerprint density at radius 3 is 2.72 bits per heavy atom. The van der Waals surface area contributed by atoms with Crippen molar-refractivity contribution < 1.29 is 19.4 Å². The largest absolute Gasteiger partial charge is 0.465 e. The number of rotatable bonds is 5. The van der Waals surface area contributed by atoms with Gasteiger partial charge in [0.15, 0.2) is 0 Å². The lowest BCUT2D eigenvalue weighted by atomic mass is 10.1. The molecule has 0 aliphatic rings. The molecule has 0 aliphatic heterocycles. The molecule has 0 radical (unpaired) electrons. The van der Waals surface area contributed by atoms with E-state index in [2.05, 4.69) is 10.1 Å². The van der Waals surface area contributed by atoms with Crippen molar-refractivity contribution in [2.24, 2.45) is 0 Å². The Bertz CT molecular complexity index is 443. The molecular formula is C13H17NO4. The molecular weight excluding hydrogens is 234 g/mol. The van der Waals surface area contributed by atoms with E-state index in [1.165, 1.54) is 7.11 Å². The smallest absolute Gasteiger partial charge is 0.337 e. The lowest BCUT2D eigenvalue weighted by molar-refractivity contribution is -0.116. The van der Waals surface area contributed by atoms with Crippen LogP contribution in [0.15, 0.2) is 18.2 Å². The summed E-state index contributed by atoms with van der Waals surface area (Å²) in [6.45, 7) is 1.82. The van der Waals surface area contributed by atoms with E-state index in [9.17, 15) is 9.59 Å². The zero-order valence-electron chi connectivity index (χ0n) is 10.5. The third-order valence-electron chi connectivity index (χ3n) is 2.49. The first kappa shape index (κ1) is 14.2. The Labute approximate surface area is 106 Å². The minimum Gasteiger partial charge on any atom is -0.465 e. The van der Waals surface area contributed by atoms with Crippen LogP contribution < -0.4 is 5.32 Å². The minimum atomic E-state index is -0.444. The van der Waals surface area contributed by atoms with Gasteiger partial charge < -0.3 is 15.2 Å². The normalized spacial score (nSPS) is 9.94. The van der Waals surface area contributed by atoms with Crippen molar-refractivity contribution in [1.82, 2.24) is 0 Å². The first-order valence-electron chi connectivity index (χ1n) is 5.68. The Morgan fingerprint density at radius 2 is 2.11 bits per heavy atom. The highest BCUT2D eigenvalue weighted by atomic mass is 16.5. The number of hydrogen-bond acceptors (Lipinski definition) is 4. The quantitative estimate of drug-likeness (QED) is 0.777. The summed E-state index contributed by atoms with van der Waals surface area (Å²) >= 11 is 0. The molecule has 0 spiro atoms. The van der Waals surface area contributed by atoms with E-state index in [-0.39, 0.29) is 18.9 Å². The van der Waals surface area contributed by atoms with Gasteiger partial charge in [-0.1, -0.05) is 6.07 Å². The van der Waals surface area contributed by atoms with E-state index < -0.39 is 5.97 Å². The van der Waals surface area contributed by atoms with Gasteiger partial charge in [0.05, 0.1) is 12.7 Å². The molecule has 2 N–H and O–H groups in total. The number of methoxy groups -OCH3 is 1. The van der Waals surface area contributed by atoms with Crippen LogP contribution in [0.25, 0.3) is 0 Å². The standard InChI is InChI=1S/C13H17NO4/c1-9-5-6-10(13(17)18-2)8-11(9)14-12(16)4-3-7-15/h5-6,8,15H,3-4,7H2,1-2H3,(H,14,16). The Balaban J connectivity index is 2.81. The second-order valence-corrected chi connectivity index (χ2v) is 3.90. The van der Waals surface area contributed by atoms with Crippen LogP contribution in [0.5, 0.6) is 0 Å². The molecule has 0 unspecified atom stereocenters. The number of ether oxygens (including phenoxy) is 1. The SMILES string of the molecule is COC(=O)c1ccc(C)c(NC(=O)CCCO)c1. The van der Waals surface area contributed by atoms with Crippen molar-refractivity contribution in [2.75, 3.05) is 19.0 Å². The van der Waals surface area contributed by atoms with Crippen molar-refractivity contribution in [3.8, 4) is 0 Å². The van der Waals surface area contributed by atoms with Crippen LogP contribution in [0.2, 0.25) is 0 Å². The first-order chi connectivity index (χ1) is 8.58. The molecule has 0 aliphatic carbocycles. The molecule has 1 rings (SSSR count). The molecule has 1 aromatic rings. The molecule has 98 valence electrons. The zero-order chi connectivity index (χ0) is 13.5. The number of hydrogen-bond donors (Lipinski definition) is 2. The van der Waals surface area contributed by atoms with Gasteiger partial charge in [0, 0.05) is 18.7 Å². The number of carbonyl (C=O) groups is 2. The summed E-state index contributed by atoms with van der Waals surface area (Å²) in [5.74, 6) is -0.630. The third-order valence-corrected chi connectivity index (χ3v) is 2.49. The molecule has 0 atom stereocenters. The van der Waals surface area contributed by atoms with Gasteiger partial charge in [-0.25, -0.2) is 4.79 Å². The molecule has 1 amide bonds. The lowest BCUT2D eigenvalue weighted by Crippen LogP contribution is -2.13. The maximum absolute atomic E-state index is 11.5. The lowest BCUT2D eigenvalue weighted by Gasteiger charge is -2.09. The molecule has 0 bridgehead atoms. The number of nitrogens with one attached hydrogen (secondary N) is 1. The number of esters is 1. The van der Waals surface area contributed by atoms with Crippen LogP contribution in [-0.4, -0.2) is 30.7 Å². The molecule has 5 heteroatoms. The zero-order valence-corrected chi connectivity index (χ0v) is 10.5. The molecule has 0 saturated heterocycles. The molecule has 1 aromatic carbocycles. The van der Waals surface area contributed by atoms with Gasteiger partial charge in [-0.3, -0.25) is 4.79 Å². The highest BCUT2D eigenvalue weighted by Crippen LogP contribution is 2.17. The van der Waals surface area contributed by atoms with E-state index in [0.29, 0.717) is 17.7 Å². The number of aliphatic hydroxyl groups is 1. The van der Waals surface area contributed by atoms with E-state index in [1.807, 2.05) is 6.92 Å². The second-order valence-electron chi connectivity index (χ2n) is 3.90. The number of amides is 1. The molecule has 0 aromatic heterocycles. The van der Waals surface area contributed by atoms with Gasteiger partial charge in [-0.2, -0.15) is 0 Å². The molecule has 5 nitrogen and oxygen atoms in total. The van der Waals surface area contributed by atoms with Gasteiger partial charge in [0.1, 0.15) is 0 Å². The summed E-state index contributed by atoms with van der Waals surface area (Å²) in [7, 11) is 1.31. The van der Waals surface area contributed by atoms with E-state index in [0.717, 1.165) is 5.56 Å². The fourth-order valence-electron chi connectivity index (χ4n) is 1.45. The molecule has 0 saturated carbocycles. The summed E-state index contributed by atoms with van der Waals surface area (Å²) < 4.78 is 4.62. The Hall–Kier alpha value is -1.88. The van der Waals surface area contributed by atoms with Crippen LogP contribution >= 0.6 is 0 Å². The van der Waals surface area contributed by atoms with Crippen LogP contribution in [0.4, 0.5) is 5.69 Å². The van der Waals surface area contributed by atoms with Crippen LogP contribution in [0.1, 0.15) is 28.8 Å². The maximum atomic E-state index is 11.5. The van der Waals surface area contributed by atoms with E-state index in [1.54, 1.807) is 18.2 Å². The summed E-state index contributed by atoms with van der Waals surface area (Å²) in [5, 5.41) is 11.3. The Morgan fingerprint density at radius 1 is 1.39 bits per heavy atom. The van der Waals surface area contributed by atoms with Gasteiger partial charge in [-0.15, -0.1) is 0 Å². The number of anilines is 1. The predicted molar refractivity (Wildman–Crippen MR) is 67.5 cm³/mol. The average Bonchev–Trinajstić information content (AvgIpc) is 2.38. The average molecular weight is 251 g/mol. The summed E-state index contributed by atoms with van der Waals surface area (Å²) in [4.78, 5) is 22.9. The van der Waals surface area contributed by atoms with Crippen LogP contribution in [0.3, 0.4) is 0 Å². The highest BCUT2D eigenvalue weighted by Gasteiger charge is 2.10. The van der Waals surface area contributed by atoms with Gasteiger partial charge in [0.25, 0.3) is 0 Å². The van der Waals surface area contributed by atoms with Crippen molar-refractivity contribution >= 4 is 17.6 Å². The van der Waals surface area contributed by atoms with E-state index in [4.69, 9.17) is 5.11 Å². The van der Waals surface area contributed by atoms with Crippen LogP contribution in [-0.2, 0) is 9.53 Å². The van der Waals surface area contributed by atoms with Crippen molar-refractivity contribution in [3.63, 3.8) is 0 Å². The number of benzene rings is 1. The summed E-state index contributed by atoms with van der Waals surface area (Å²) in [6.07, 6.45) is 0.667. The topological polar surface area (TPSA) is 75.6 Å². The fourth-order valence-corrected chi connectivity index (χ4v) is 1.45. The highest BCUT2D eigenvalue weighted by molar-refractivity contribution is 5.95. The number of carbonyl (C=O) groups excluding carboxylic acids is 2. The van der Waals surface area contributed by atoms with Gasteiger partial charge >= 0.3 is 5.97 Å². The number of aryl methyl sites for hydroxylation is 1. The van der Waals surface area contributed by atoms with Crippen molar-refractivity contribution in [1.29, 1.82) is 0 Å². The monoisotopic (exact) mass is 251 g/mol. The predicted octanol–water partition coefficient (Wildman–Crippen LogP) is 1.49. The van der Waals surface area contributed by atoms with Gasteiger partial charge in [-0.05, 0) is 31.0 Å². The summed E-state index contributed by atoms with van der Waals surface area (Å²) in [5.41, 5.74) is 1.83. The van der Waals surface area contributed by atoms with E-state index >= 15 is 0 Å². The Kier molecular flexibility index (Phi) is 5.32. The maximum Gasteiger partial charge on any atom is 0.337 e. The molecule has 0 heterocycles. The minimum absolute atomic E-state index is 0.0192. The second kappa shape index (κ2) is 6.76.